The van der Waals surface area contributed by atoms with Crippen LogP contribution in [0.4, 0.5) is 0 Å². The molecular formula is C10H19NO2. The monoisotopic (exact) mass is 185 g/mol. The van der Waals surface area contributed by atoms with Gasteiger partial charge in [0.15, 0.2) is 0 Å². The Hall–Kier alpha value is -0.570. The van der Waals surface area contributed by atoms with E-state index in [4.69, 9.17) is 5.11 Å². The maximum absolute atomic E-state index is 10.9. The first kappa shape index (κ1) is 10.5. The summed E-state index contributed by atoms with van der Waals surface area (Å²) in [5.74, 6) is 0.123. The molecule has 0 bridgehead atoms. The van der Waals surface area contributed by atoms with Crippen LogP contribution in [0.2, 0.25) is 0 Å². The van der Waals surface area contributed by atoms with Crippen molar-refractivity contribution in [3.63, 3.8) is 0 Å². The lowest BCUT2D eigenvalue weighted by Gasteiger charge is -2.31. The summed E-state index contributed by atoms with van der Waals surface area (Å²) in [5.41, 5.74) is -0.727. The van der Waals surface area contributed by atoms with Crippen molar-refractivity contribution in [1.29, 1.82) is 0 Å². The van der Waals surface area contributed by atoms with E-state index in [0.717, 1.165) is 18.9 Å². The molecule has 0 atom stereocenters. The highest BCUT2D eigenvalue weighted by Gasteiger charge is 2.32. The molecule has 0 aromatic rings. The summed E-state index contributed by atoms with van der Waals surface area (Å²) in [6.45, 7) is 4.40. The maximum Gasteiger partial charge on any atom is 0.323 e. The van der Waals surface area contributed by atoms with Crippen LogP contribution in [-0.4, -0.2) is 35.1 Å². The van der Waals surface area contributed by atoms with Crippen molar-refractivity contribution in [2.45, 2.75) is 38.6 Å². The highest BCUT2D eigenvalue weighted by molar-refractivity contribution is 5.77. The zero-order chi connectivity index (χ0) is 10.1. The number of nitrogens with zero attached hydrogens (tertiary/aromatic N) is 1. The van der Waals surface area contributed by atoms with Gasteiger partial charge in [0.25, 0.3) is 0 Å². The third kappa shape index (κ3) is 2.69. The van der Waals surface area contributed by atoms with Gasteiger partial charge in [-0.25, -0.2) is 0 Å². The van der Waals surface area contributed by atoms with E-state index < -0.39 is 11.5 Å². The Balaban J connectivity index is 2.34. The molecule has 1 fully saturated rings. The van der Waals surface area contributed by atoms with Crippen LogP contribution in [0.25, 0.3) is 0 Å². The van der Waals surface area contributed by atoms with E-state index in [0.29, 0.717) is 0 Å². The molecular weight excluding hydrogens is 166 g/mol. The number of hydrogen-bond donors (Lipinski definition) is 1. The molecule has 13 heavy (non-hydrogen) atoms. The molecule has 0 aromatic heterocycles. The van der Waals surface area contributed by atoms with Gasteiger partial charge in [-0.05, 0) is 39.8 Å². The lowest BCUT2D eigenvalue weighted by Crippen LogP contribution is -2.48. The average Bonchev–Trinajstić information content (AvgIpc) is 2.82. The third-order valence-electron chi connectivity index (χ3n) is 3.05. The number of likely N-dealkylation sites (N-methyl/N-ethyl adjacent to an activating group) is 1. The van der Waals surface area contributed by atoms with Gasteiger partial charge in [-0.3, -0.25) is 9.69 Å². The van der Waals surface area contributed by atoms with Gasteiger partial charge in [0, 0.05) is 0 Å². The summed E-state index contributed by atoms with van der Waals surface area (Å²) in [7, 11) is 1.89. The van der Waals surface area contributed by atoms with Gasteiger partial charge >= 0.3 is 5.97 Å². The number of hydrogen-bond acceptors (Lipinski definition) is 2. The van der Waals surface area contributed by atoms with Crippen LogP contribution in [0.1, 0.15) is 33.1 Å². The molecule has 1 saturated carbocycles. The molecule has 0 spiro atoms. The van der Waals surface area contributed by atoms with Crippen molar-refractivity contribution in [3.05, 3.63) is 0 Å². The Morgan fingerprint density at radius 1 is 1.54 bits per heavy atom. The highest BCUT2D eigenvalue weighted by atomic mass is 16.4. The minimum absolute atomic E-state index is 0.727. The van der Waals surface area contributed by atoms with Crippen molar-refractivity contribution in [3.8, 4) is 0 Å². The van der Waals surface area contributed by atoms with E-state index in [1.54, 1.807) is 13.8 Å². The third-order valence-corrected chi connectivity index (χ3v) is 3.05. The molecule has 1 rings (SSSR count). The molecule has 0 radical (unpaired) electrons. The minimum Gasteiger partial charge on any atom is -0.480 e. The van der Waals surface area contributed by atoms with Crippen LogP contribution in [0.3, 0.4) is 0 Å². The van der Waals surface area contributed by atoms with Crippen molar-refractivity contribution in [2.24, 2.45) is 5.92 Å². The maximum atomic E-state index is 10.9. The van der Waals surface area contributed by atoms with Crippen LogP contribution in [0, 0.1) is 5.92 Å². The number of carboxylic acids is 1. The number of aliphatic carboxylic acids is 1. The second-order valence-electron chi connectivity index (χ2n) is 4.52. The second-order valence-corrected chi connectivity index (χ2v) is 4.52. The smallest absolute Gasteiger partial charge is 0.323 e. The van der Waals surface area contributed by atoms with Crippen LogP contribution in [0.5, 0.6) is 0 Å². The fourth-order valence-electron chi connectivity index (χ4n) is 1.23. The molecule has 3 heteroatoms. The molecule has 76 valence electrons. The van der Waals surface area contributed by atoms with Crippen molar-refractivity contribution in [2.75, 3.05) is 13.6 Å². The van der Waals surface area contributed by atoms with E-state index >= 15 is 0 Å². The molecule has 0 aliphatic heterocycles. The Labute approximate surface area is 79.7 Å². The molecule has 0 heterocycles. The fraction of sp³-hybridized carbons (Fsp3) is 0.900. The Morgan fingerprint density at radius 2 is 2.08 bits per heavy atom. The normalized spacial score (nSPS) is 17.8. The zero-order valence-electron chi connectivity index (χ0n) is 8.71. The lowest BCUT2D eigenvalue weighted by atomic mass is 10.0. The van der Waals surface area contributed by atoms with E-state index in [-0.39, 0.29) is 0 Å². The topological polar surface area (TPSA) is 40.5 Å². The Morgan fingerprint density at radius 3 is 2.46 bits per heavy atom. The highest BCUT2D eigenvalue weighted by Crippen LogP contribution is 2.32. The molecule has 0 aromatic carbocycles. The first-order valence-corrected chi connectivity index (χ1v) is 4.89. The second kappa shape index (κ2) is 3.66. The Bertz CT molecular complexity index is 197. The van der Waals surface area contributed by atoms with Crippen molar-refractivity contribution < 1.29 is 9.90 Å². The minimum atomic E-state index is -0.745. The summed E-state index contributed by atoms with van der Waals surface area (Å²) < 4.78 is 0. The summed E-state index contributed by atoms with van der Waals surface area (Å²) in [5, 5.41) is 8.95. The van der Waals surface area contributed by atoms with E-state index in [9.17, 15) is 4.79 Å². The van der Waals surface area contributed by atoms with Gasteiger partial charge in [0.1, 0.15) is 5.54 Å². The largest absolute Gasteiger partial charge is 0.480 e. The summed E-state index contributed by atoms with van der Waals surface area (Å²) in [4.78, 5) is 12.8. The number of rotatable bonds is 5. The van der Waals surface area contributed by atoms with Crippen LogP contribution in [0.15, 0.2) is 0 Å². The standard InChI is InChI=1S/C10H19NO2/c1-10(2,9(12)13)11(3)7-6-8-4-5-8/h8H,4-7H2,1-3H3,(H,12,13). The molecule has 0 unspecified atom stereocenters. The first-order valence-electron chi connectivity index (χ1n) is 4.89. The van der Waals surface area contributed by atoms with Crippen LogP contribution in [-0.2, 0) is 4.79 Å². The quantitative estimate of drug-likeness (QED) is 0.707. The van der Waals surface area contributed by atoms with Gasteiger partial charge < -0.3 is 5.11 Å². The molecule has 1 N–H and O–H groups in total. The van der Waals surface area contributed by atoms with Gasteiger partial charge in [-0.15, -0.1) is 0 Å². The fourth-order valence-corrected chi connectivity index (χ4v) is 1.23. The van der Waals surface area contributed by atoms with Crippen molar-refractivity contribution in [1.82, 2.24) is 4.90 Å². The number of carboxylic acid groups (broad SMARTS) is 1. The van der Waals surface area contributed by atoms with Gasteiger partial charge in [0.2, 0.25) is 0 Å². The van der Waals surface area contributed by atoms with Crippen LogP contribution < -0.4 is 0 Å². The predicted octanol–water partition coefficient (Wildman–Crippen LogP) is 1.58. The summed E-state index contributed by atoms with van der Waals surface area (Å²) >= 11 is 0. The van der Waals surface area contributed by atoms with Gasteiger partial charge in [0.05, 0.1) is 0 Å². The number of carbonyl (C=O) groups is 1. The van der Waals surface area contributed by atoms with E-state index in [2.05, 4.69) is 0 Å². The average molecular weight is 185 g/mol. The van der Waals surface area contributed by atoms with E-state index in [1.165, 1.54) is 12.8 Å². The molecule has 1 aliphatic carbocycles. The first-order chi connectivity index (χ1) is 5.94. The van der Waals surface area contributed by atoms with Gasteiger partial charge in [-0.1, -0.05) is 12.8 Å². The summed E-state index contributed by atoms with van der Waals surface area (Å²) in [6.07, 6.45) is 3.82. The van der Waals surface area contributed by atoms with Crippen LogP contribution >= 0.6 is 0 Å². The Kier molecular flexibility index (Phi) is 2.96. The molecule has 1 aliphatic rings. The van der Waals surface area contributed by atoms with Crippen molar-refractivity contribution >= 4 is 5.97 Å². The zero-order valence-corrected chi connectivity index (χ0v) is 8.71. The molecule has 0 saturated heterocycles. The molecule has 3 nitrogen and oxygen atoms in total. The molecule has 0 amide bonds. The SMILES string of the molecule is CN(CCC1CC1)C(C)(C)C(=O)O. The summed E-state index contributed by atoms with van der Waals surface area (Å²) in [6, 6.07) is 0. The van der Waals surface area contributed by atoms with Gasteiger partial charge in [-0.2, -0.15) is 0 Å². The lowest BCUT2D eigenvalue weighted by molar-refractivity contribution is -0.148. The predicted molar refractivity (Wildman–Crippen MR) is 51.7 cm³/mol. The van der Waals surface area contributed by atoms with E-state index in [1.807, 2.05) is 11.9 Å².